The van der Waals surface area contributed by atoms with Crippen LogP contribution in [0, 0.1) is 0 Å². The Labute approximate surface area is 107 Å². The van der Waals surface area contributed by atoms with Crippen LogP contribution in [0.3, 0.4) is 0 Å². The Hall–Kier alpha value is -0.540. The molecule has 0 aliphatic heterocycles. The minimum Gasteiger partial charge on any atom is -0.422 e. The third-order valence-electron chi connectivity index (χ3n) is 1.78. The Balaban J connectivity index is 2.54. The van der Waals surface area contributed by atoms with Crippen LogP contribution in [0.15, 0.2) is 30.3 Å². The molecule has 1 aromatic rings. The monoisotopic (exact) mass is 277 g/mol. The van der Waals surface area contributed by atoms with E-state index in [1.54, 1.807) is 31.2 Å². The Bertz CT molecular complexity index is 386. The lowest BCUT2D eigenvalue weighted by Gasteiger charge is -2.21. The van der Waals surface area contributed by atoms with Crippen molar-refractivity contribution in [2.75, 3.05) is 0 Å². The van der Waals surface area contributed by atoms with Crippen molar-refractivity contribution < 1.29 is 13.8 Å². The molecule has 1 N–H and O–H groups in total. The Kier molecular flexibility index (Phi) is 5.47. The van der Waals surface area contributed by atoms with E-state index in [2.05, 4.69) is 5.09 Å². The fourth-order valence-electron chi connectivity index (χ4n) is 1.30. The maximum Gasteiger partial charge on any atom is 0.411 e. The van der Waals surface area contributed by atoms with Gasteiger partial charge < -0.3 is 9.26 Å². The van der Waals surface area contributed by atoms with Crippen LogP contribution in [-0.2, 0) is 9.30 Å². The van der Waals surface area contributed by atoms with Gasteiger partial charge >= 0.3 is 6.87 Å². The summed E-state index contributed by atoms with van der Waals surface area (Å²) in [7, 11) is 0. The quantitative estimate of drug-likeness (QED) is 0.635. The summed E-state index contributed by atoms with van der Waals surface area (Å²) in [5.41, 5.74) is 0. The maximum absolute atomic E-state index is 11.9. The summed E-state index contributed by atoms with van der Waals surface area (Å²) in [5, 5.41) is 2.61. The van der Waals surface area contributed by atoms with Crippen molar-refractivity contribution >= 4 is 18.1 Å². The van der Waals surface area contributed by atoms with E-state index in [9.17, 15) is 4.57 Å². The van der Waals surface area contributed by atoms with Gasteiger partial charge in [0, 0.05) is 11.2 Å². The minimum atomic E-state index is -3.43. The molecule has 0 saturated carbocycles. The number of rotatable bonds is 6. The van der Waals surface area contributed by atoms with Crippen molar-refractivity contribution in [2.24, 2.45) is 0 Å². The van der Waals surface area contributed by atoms with E-state index in [4.69, 9.17) is 20.5 Å². The highest BCUT2D eigenvalue weighted by Crippen LogP contribution is 2.48. The largest absolute Gasteiger partial charge is 0.422 e. The van der Waals surface area contributed by atoms with Crippen LogP contribution in [0.5, 0.6) is 5.75 Å². The molecular formula is C11H17ClNO3P. The van der Waals surface area contributed by atoms with Gasteiger partial charge in [0.05, 0.1) is 6.10 Å². The fourth-order valence-corrected chi connectivity index (χ4v) is 2.89. The van der Waals surface area contributed by atoms with Gasteiger partial charge in [0.2, 0.25) is 0 Å². The van der Waals surface area contributed by atoms with E-state index in [-0.39, 0.29) is 6.10 Å². The molecule has 0 radical (unpaired) electrons. The van der Waals surface area contributed by atoms with Crippen molar-refractivity contribution in [3.8, 4) is 5.75 Å². The lowest BCUT2D eigenvalue weighted by molar-refractivity contribution is 0.0118. The summed E-state index contributed by atoms with van der Waals surface area (Å²) in [6, 6.07) is 8.76. The van der Waals surface area contributed by atoms with Gasteiger partial charge in [-0.05, 0) is 32.9 Å². The molecule has 0 heterocycles. The van der Waals surface area contributed by atoms with Crippen LogP contribution in [0.2, 0.25) is 0 Å². The molecule has 96 valence electrons. The topological polar surface area (TPSA) is 47.6 Å². The van der Waals surface area contributed by atoms with Crippen molar-refractivity contribution in [2.45, 2.75) is 33.1 Å². The minimum absolute atomic E-state index is 0.0193. The highest BCUT2D eigenvalue weighted by atomic mass is 35.7. The third-order valence-corrected chi connectivity index (χ3v) is 3.40. The van der Waals surface area contributed by atoms with E-state index >= 15 is 0 Å². The molecule has 0 fully saturated rings. The van der Waals surface area contributed by atoms with E-state index in [0.717, 1.165) is 0 Å². The summed E-state index contributed by atoms with van der Waals surface area (Å²) in [5.74, 6) is 0.454. The molecule has 0 aliphatic carbocycles. The molecule has 6 heteroatoms. The summed E-state index contributed by atoms with van der Waals surface area (Å²) >= 11 is 5.79. The first-order valence-corrected chi connectivity index (χ1v) is 7.89. The number of nitrogens with one attached hydrogen (secondary N) is 1. The van der Waals surface area contributed by atoms with Crippen LogP contribution >= 0.6 is 18.1 Å². The van der Waals surface area contributed by atoms with Gasteiger partial charge in [-0.3, -0.25) is 0 Å². The summed E-state index contributed by atoms with van der Waals surface area (Å²) < 4.78 is 22.5. The number of halogens is 1. The smallest absolute Gasteiger partial charge is 0.411 e. The first-order chi connectivity index (χ1) is 7.89. The predicted molar refractivity (Wildman–Crippen MR) is 69.3 cm³/mol. The highest BCUT2D eigenvalue weighted by molar-refractivity contribution is 7.84. The number of hydrogen-bond donors (Lipinski definition) is 1. The van der Waals surface area contributed by atoms with Crippen molar-refractivity contribution in [3.63, 3.8) is 0 Å². The van der Waals surface area contributed by atoms with Gasteiger partial charge in [-0.2, -0.15) is 5.09 Å². The number of ether oxygens (including phenoxy) is 1. The van der Waals surface area contributed by atoms with Crippen molar-refractivity contribution in [1.29, 1.82) is 0 Å². The average molecular weight is 278 g/mol. The summed E-state index contributed by atoms with van der Waals surface area (Å²) in [6.45, 7) is 2.06. The normalized spacial score (nSPS) is 16.5. The third kappa shape index (κ3) is 6.08. The van der Waals surface area contributed by atoms with Gasteiger partial charge in [-0.25, -0.2) is 4.57 Å². The molecule has 0 spiro atoms. The zero-order valence-electron chi connectivity index (χ0n) is 10.1. The standard InChI is InChI=1S/C11H17ClNO3P/c1-9(2)15-10(3)13-17(12,14)16-11-7-5-4-6-8-11/h4-10H,1-3H3,(H,13,14)/t10-,17+/m0/s1. The zero-order chi connectivity index (χ0) is 12.9. The van der Waals surface area contributed by atoms with Crippen molar-refractivity contribution in [3.05, 3.63) is 30.3 Å². The van der Waals surface area contributed by atoms with E-state index in [1.165, 1.54) is 0 Å². The van der Waals surface area contributed by atoms with E-state index in [0.29, 0.717) is 5.75 Å². The van der Waals surface area contributed by atoms with Gasteiger partial charge in [0.1, 0.15) is 12.0 Å². The number of hydrogen-bond acceptors (Lipinski definition) is 3. The van der Waals surface area contributed by atoms with Crippen molar-refractivity contribution in [1.82, 2.24) is 5.09 Å². The zero-order valence-corrected chi connectivity index (χ0v) is 11.7. The molecule has 4 nitrogen and oxygen atoms in total. The van der Waals surface area contributed by atoms with Gasteiger partial charge in [-0.1, -0.05) is 18.2 Å². The number of para-hydroxylation sites is 1. The van der Waals surface area contributed by atoms with Crippen LogP contribution in [0.25, 0.3) is 0 Å². The Morgan fingerprint density at radius 2 is 1.82 bits per heavy atom. The predicted octanol–water partition coefficient (Wildman–Crippen LogP) is 3.77. The summed E-state index contributed by atoms with van der Waals surface area (Å²) in [6.07, 6.45) is -0.423. The summed E-state index contributed by atoms with van der Waals surface area (Å²) in [4.78, 5) is 0. The molecule has 0 bridgehead atoms. The average Bonchev–Trinajstić information content (AvgIpc) is 2.15. The first-order valence-electron chi connectivity index (χ1n) is 5.36. The molecule has 0 amide bonds. The Morgan fingerprint density at radius 3 is 2.35 bits per heavy atom. The molecule has 0 aliphatic rings. The van der Waals surface area contributed by atoms with Crippen LogP contribution in [0.1, 0.15) is 20.8 Å². The molecule has 0 aromatic heterocycles. The second-order valence-electron chi connectivity index (χ2n) is 3.84. The lowest BCUT2D eigenvalue weighted by atomic mass is 10.3. The molecule has 1 rings (SSSR count). The molecule has 17 heavy (non-hydrogen) atoms. The molecule has 0 saturated heterocycles. The Morgan fingerprint density at radius 1 is 1.24 bits per heavy atom. The van der Waals surface area contributed by atoms with E-state index in [1.807, 2.05) is 19.9 Å². The van der Waals surface area contributed by atoms with Crippen LogP contribution < -0.4 is 9.61 Å². The second-order valence-corrected chi connectivity index (χ2v) is 6.58. The van der Waals surface area contributed by atoms with Crippen LogP contribution in [0.4, 0.5) is 0 Å². The molecule has 1 aromatic carbocycles. The van der Waals surface area contributed by atoms with E-state index < -0.39 is 13.1 Å². The fraction of sp³-hybridized carbons (Fsp3) is 0.455. The molecule has 0 unspecified atom stereocenters. The second kappa shape index (κ2) is 6.41. The van der Waals surface area contributed by atoms with Gasteiger partial charge in [0.25, 0.3) is 0 Å². The maximum atomic E-state index is 11.9. The molecular weight excluding hydrogens is 261 g/mol. The molecule has 2 atom stereocenters. The SMILES string of the molecule is CC(C)O[C@@H](C)N[P@@](=O)(Cl)Oc1ccccc1. The number of benzene rings is 1. The highest BCUT2D eigenvalue weighted by Gasteiger charge is 2.24. The first kappa shape index (κ1) is 14.5. The van der Waals surface area contributed by atoms with Gasteiger partial charge in [-0.15, -0.1) is 0 Å². The van der Waals surface area contributed by atoms with Crippen LogP contribution in [-0.4, -0.2) is 12.3 Å². The van der Waals surface area contributed by atoms with Gasteiger partial charge in [0.15, 0.2) is 0 Å². The lowest BCUT2D eigenvalue weighted by Crippen LogP contribution is -2.28.